The number of carbonyl (C=O) groups is 2. The summed E-state index contributed by atoms with van der Waals surface area (Å²) >= 11 is 6.48. The number of nitrogens with zero attached hydrogens (tertiary/aromatic N) is 3. The molecular formula is C24H26ClF5N6O2. The summed E-state index contributed by atoms with van der Waals surface area (Å²) in [4.78, 5) is 37.3. The number of halogens is 6. The Balaban J connectivity index is 1.66. The molecule has 2 aliphatic rings. The quantitative estimate of drug-likeness (QED) is 0.460. The van der Waals surface area contributed by atoms with E-state index in [0.717, 1.165) is 18.6 Å². The molecule has 4 atom stereocenters. The summed E-state index contributed by atoms with van der Waals surface area (Å²) in [7, 11) is 0. The average molecular weight is 561 g/mol. The Bertz CT molecular complexity index is 1250. The van der Waals surface area contributed by atoms with E-state index in [1.807, 2.05) is 5.32 Å². The Kier molecular flexibility index (Phi) is 7.19. The number of aromatic amines is 1. The third-order valence-corrected chi connectivity index (χ3v) is 7.58. The molecular weight excluding hydrogens is 535 g/mol. The second kappa shape index (κ2) is 9.83. The van der Waals surface area contributed by atoms with Gasteiger partial charge >= 0.3 is 6.18 Å². The number of nitrogens with two attached hydrogens (primary N) is 1. The van der Waals surface area contributed by atoms with E-state index in [9.17, 15) is 31.5 Å². The molecule has 1 unspecified atom stereocenters. The second-order valence-corrected chi connectivity index (χ2v) is 10.3. The number of aliphatic imine (C=N–C) groups is 1. The summed E-state index contributed by atoms with van der Waals surface area (Å²) in [6, 6.07) is 0.820. The number of hydrogen-bond donors (Lipinski definition) is 3. The highest BCUT2D eigenvalue weighted by Crippen LogP contribution is 2.45. The molecule has 2 amide bonds. The highest BCUT2D eigenvalue weighted by Gasteiger charge is 2.48. The topological polar surface area (TPSA) is 116 Å². The van der Waals surface area contributed by atoms with Gasteiger partial charge in [-0.05, 0) is 25.3 Å². The number of nitrogens with one attached hydrogen (secondary N) is 2. The van der Waals surface area contributed by atoms with E-state index >= 15 is 0 Å². The highest BCUT2D eigenvalue weighted by molar-refractivity contribution is 6.32. The molecule has 2 heterocycles. The molecule has 4 N–H and O–H groups in total. The van der Waals surface area contributed by atoms with Gasteiger partial charge in [-0.25, -0.2) is 18.8 Å². The molecule has 0 spiro atoms. The van der Waals surface area contributed by atoms with E-state index in [4.69, 9.17) is 17.3 Å². The van der Waals surface area contributed by atoms with Gasteiger partial charge in [-0.1, -0.05) is 36.7 Å². The molecule has 0 radical (unpaired) electrons. The fraction of sp³-hybridized carbons (Fsp3) is 0.500. The predicted molar refractivity (Wildman–Crippen MR) is 128 cm³/mol. The Labute approximate surface area is 219 Å². The van der Waals surface area contributed by atoms with Crippen molar-refractivity contribution in [2.24, 2.45) is 16.6 Å². The number of carbonyl (C=O) groups excluding carboxylic acids is 2. The molecule has 1 aliphatic heterocycles. The number of benzene rings is 1. The first-order valence-electron chi connectivity index (χ1n) is 11.8. The third-order valence-electron chi connectivity index (χ3n) is 7.16. The fourth-order valence-corrected chi connectivity index (χ4v) is 5.49. The molecule has 1 aliphatic carbocycles. The molecule has 0 bridgehead atoms. The lowest BCUT2D eigenvalue weighted by atomic mass is 9.81. The highest BCUT2D eigenvalue weighted by atomic mass is 35.5. The predicted octanol–water partition coefficient (Wildman–Crippen LogP) is 4.68. The van der Waals surface area contributed by atoms with Crippen LogP contribution in [-0.2, 0) is 10.3 Å². The van der Waals surface area contributed by atoms with Crippen molar-refractivity contribution in [3.05, 3.63) is 52.6 Å². The lowest BCUT2D eigenvalue weighted by molar-refractivity contribution is -0.155. The van der Waals surface area contributed by atoms with Gasteiger partial charge in [-0.15, -0.1) is 0 Å². The third kappa shape index (κ3) is 5.20. The van der Waals surface area contributed by atoms with Crippen LogP contribution in [0, 0.1) is 5.92 Å². The Morgan fingerprint density at radius 2 is 2.05 bits per heavy atom. The summed E-state index contributed by atoms with van der Waals surface area (Å²) < 4.78 is 70.1. The van der Waals surface area contributed by atoms with Crippen molar-refractivity contribution in [1.82, 2.24) is 20.2 Å². The van der Waals surface area contributed by atoms with Crippen LogP contribution in [0.2, 0.25) is 5.02 Å². The number of H-pyrrole nitrogens is 1. The van der Waals surface area contributed by atoms with E-state index in [0.29, 0.717) is 0 Å². The van der Waals surface area contributed by atoms with Gasteiger partial charge in [0.25, 0.3) is 11.8 Å². The summed E-state index contributed by atoms with van der Waals surface area (Å²) in [5.41, 5.74) is 4.18. The summed E-state index contributed by atoms with van der Waals surface area (Å²) in [6.45, 7) is 2.91. The summed E-state index contributed by atoms with van der Waals surface area (Å²) in [6.07, 6.45) is -3.32. The van der Waals surface area contributed by atoms with E-state index in [1.54, 1.807) is 0 Å². The number of rotatable bonds is 5. The molecule has 38 heavy (non-hydrogen) atoms. The summed E-state index contributed by atoms with van der Waals surface area (Å²) in [5.74, 6) is -5.56. The molecule has 206 valence electrons. The minimum atomic E-state index is -4.92. The minimum absolute atomic E-state index is 0.0329. The monoisotopic (exact) mass is 560 g/mol. The van der Waals surface area contributed by atoms with Crippen LogP contribution >= 0.6 is 11.6 Å². The standard InChI is InChI=1S/C24H26ClF5N6O2/c1-12-8-13(6-7-23(12,26)27)36-17(37)9-22(2,35-21(36)31)15-5-3-4-14(18(15)25)19(24(28,29)30)34-20(38)16-10-32-11-33-16/h3-5,10-13,19H,6-9H2,1-2H3,(H2,31,35)(H,32,33)(H,34,38)/t12-,13-,19?,22+/m1/s1. The van der Waals surface area contributed by atoms with Crippen LogP contribution in [0.15, 0.2) is 35.7 Å². The van der Waals surface area contributed by atoms with Crippen LogP contribution in [0.5, 0.6) is 0 Å². The Hall–Kier alpha value is -3.22. The van der Waals surface area contributed by atoms with Crippen molar-refractivity contribution in [1.29, 1.82) is 0 Å². The first-order valence-corrected chi connectivity index (χ1v) is 12.2. The molecule has 1 saturated carbocycles. The normalized spacial score (nSPS) is 26.6. The van der Waals surface area contributed by atoms with E-state index in [1.165, 1.54) is 30.9 Å². The van der Waals surface area contributed by atoms with Gasteiger partial charge in [-0.2, -0.15) is 13.2 Å². The Morgan fingerprint density at radius 1 is 1.34 bits per heavy atom. The van der Waals surface area contributed by atoms with Crippen molar-refractivity contribution >= 4 is 29.4 Å². The second-order valence-electron chi connectivity index (χ2n) is 9.90. The first-order chi connectivity index (χ1) is 17.6. The zero-order chi connectivity index (χ0) is 28.0. The maximum Gasteiger partial charge on any atom is 0.412 e. The fourth-order valence-electron chi connectivity index (χ4n) is 5.05. The molecule has 8 nitrogen and oxygen atoms in total. The van der Waals surface area contributed by atoms with Crippen LogP contribution in [0.1, 0.15) is 67.2 Å². The van der Waals surface area contributed by atoms with Crippen LogP contribution in [0.4, 0.5) is 22.0 Å². The van der Waals surface area contributed by atoms with E-state index < -0.39 is 59.4 Å². The van der Waals surface area contributed by atoms with Gasteiger partial charge in [0.15, 0.2) is 12.0 Å². The molecule has 1 fully saturated rings. The molecule has 1 aromatic carbocycles. The number of amides is 2. The maximum absolute atomic E-state index is 14.1. The van der Waals surface area contributed by atoms with Gasteiger partial charge in [0.05, 0.1) is 29.5 Å². The molecule has 4 rings (SSSR count). The number of guanidine groups is 1. The van der Waals surface area contributed by atoms with Crippen molar-refractivity contribution < 1.29 is 31.5 Å². The smallest absolute Gasteiger partial charge is 0.369 e. The van der Waals surface area contributed by atoms with Crippen molar-refractivity contribution in [2.75, 3.05) is 0 Å². The Morgan fingerprint density at radius 3 is 2.63 bits per heavy atom. The van der Waals surface area contributed by atoms with Crippen LogP contribution in [0.25, 0.3) is 0 Å². The number of alkyl halides is 5. The first kappa shape index (κ1) is 27.8. The van der Waals surface area contributed by atoms with Gasteiger partial charge in [-0.3, -0.25) is 14.5 Å². The van der Waals surface area contributed by atoms with Crippen LogP contribution in [0.3, 0.4) is 0 Å². The molecule has 14 heteroatoms. The van der Waals surface area contributed by atoms with E-state index in [-0.39, 0.29) is 41.5 Å². The van der Waals surface area contributed by atoms with Gasteiger partial charge in [0, 0.05) is 23.9 Å². The largest absolute Gasteiger partial charge is 0.412 e. The number of hydrogen-bond acceptors (Lipinski definition) is 5. The van der Waals surface area contributed by atoms with E-state index in [2.05, 4.69) is 15.0 Å². The van der Waals surface area contributed by atoms with Gasteiger partial charge in [0.1, 0.15) is 5.69 Å². The maximum atomic E-state index is 14.1. The lowest BCUT2D eigenvalue weighted by Gasteiger charge is -2.43. The number of imidazole rings is 1. The zero-order valence-electron chi connectivity index (χ0n) is 20.5. The number of aromatic nitrogens is 2. The molecule has 0 saturated heterocycles. The minimum Gasteiger partial charge on any atom is -0.369 e. The van der Waals surface area contributed by atoms with Crippen molar-refractivity contribution in [3.8, 4) is 0 Å². The molecule has 2 aromatic rings. The van der Waals surface area contributed by atoms with Crippen molar-refractivity contribution in [2.45, 2.75) is 69.3 Å². The van der Waals surface area contributed by atoms with Gasteiger partial charge < -0.3 is 16.0 Å². The van der Waals surface area contributed by atoms with Crippen LogP contribution in [-0.4, -0.2) is 50.8 Å². The zero-order valence-corrected chi connectivity index (χ0v) is 21.2. The summed E-state index contributed by atoms with van der Waals surface area (Å²) in [5, 5.41) is 1.58. The molecule has 1 aromatic heterocycles. The van der Waals surface area contributed by atoms with Crippen molar-refractivity contribution in [3.63, 3.8) is 0 Å². The lowest BCUT2D eigenvalue weighted by Crippen LogP contribution is -2.56. The van der Waals surface area contributed by atoms with Crippen LogP contribution < -0.4 is 11.1 Å². The average Bonchev–Trinajstić information content (AvgIpc) is 3.34. The SMILES string of the molecule is C[C@@H]1C[C@H](N2C(=O)C[C@@](C)(c3cccc(C(NC(=O)c4cnc[nH]4)C(F)(F)F)c3Cl)N=C2N)CCC1(F)F. The van der Waals surface area contributed by atoms with Gasteiger partial charge in [0.2, 0.25) is 5.91 Å².